The van der Waals surface area contributed by atoms with E-state index in [1.54, 1.807) is 0 Å². The number of aromatic nitrogens is 2. The van der Waals surface area contributed by atoms with Crippen LogP contribution in [0.4, 0.5) is 0 Å². The van der Waals surface area contributed by atoms with Crippen LogP contribution in [0.3, 0.4) is 0 Å². The van der Waals surface area contributed by atoms with Gasteiger partial charge in [0.05, 0.1) is 0 Å². The normalized spacial score (nSPS) is 16.0. The molecule has 0 bridgehead atoms. The summed E-state index contributed by atoms with van der Waals surface area (Å²) in [7, 11) is 0. The lowest BCUT2D eigenvalue weighted by atomic mass is 9.92. The fourth-order valence-electron chi connectivity index (χ4n) is 3.41. The number of rotatable bonds is 4. The lowest BCUT2D eigenvalue weighted by molar-refractivity contribution is 0.139. The molecule has 2 aromatic heterocycles. The van der Waals surface area contributed by atoms with Gasteiger partial charge in [0.15, 0.2) is 0 Å². The Kier molecular flexibility index (Phi) is 3.43. The zero-order valence-corrected chi connectivity index (χ0v) is 12.9. The second-order valence-corrected chi connectivity index (χ2v) is 6.17. The van der Waals surface area contributed by atoms with Crippen LogP contribution in [-0.4, -0.2) is 27.5 Å². The molecule has 0 N–H and O–H groups in total. The van der Waals surface area contributed by atoms with Crippen molar-refractivity contribution in [3.05, 3.63) is 66.1 Å². The Balaban J connectivity index is 1.44. The zero-order valence-electron chi connectivity index (χ0n) is 12.9. The highest BCUT2D eigenvalue weighted by Gasteiger charge is 2.27. The van der Waals surface area contributed by atoms with Crippen LogP contribution in [0.15, 0.2) is 55.0 Å². The Morgan fingerprint density at radius 3 is 2.68 bits per heavy atom. The quantitative estimate of drug-likeness (QED) is 0.731. The average Bonchev–Trinajstić information content (AvgIpc) is 2.93. The van der Waals surface area contributed by atoms with Crippen molar-refractivity contribution in [2.45, 2.75) is 25.9 Å². The van der Waals surface area contributed by atoms with Crippen LogP contribution in [0.2, 0.25) is 0 Å². The molecule has 0 unspecified atom stereocenters. The molecule has 1 fully saturated rings. The first-order chi connectivity index (χ1) is 10.8. The maximum atomic E-state index is 4.10. The van der Waals surface area contributed by atoms with Gasteiger partial charge in [-0.25, -0.2) is 0 Å². The van der Waals surface area contributed by atoms with Gasteiger partial charge in [-0.05, 0) is 47.7 Å². The predicted octanol–water partition coefficient (Wildman–Crippen LogP) is 3.66. The number of fused-ring (bicyclic) bond motifs is 1. The van der Waals surface area contributed by atoms with E-state index >= 15 is 0 Å². The van der Waals surface area contributed by atoms with E-state index in [0.717, 1.165) is 26.2 Å². The SMILES string of the molecule is CCn1ccc2ccc(CN3CC(c4ccncc4)C3)cc21. The molecule has 3 heteroatoms. The fourth-order valence-corrected chi connectivity index (χ4v) is 3.41. The van der Waals surface area contributed by atoms with Crippen LogP contribution in [-0.2, 0) is 13.1 Å². The molecule has 3 heterocycles. The van der Waals surface area contributed by atoms with Crippen molar-refractivity contribution >= 4 is 10.9 Å². The van der Waals surface area contributed by atoms with Gasteiger partial charge < -0.3 is 4.57 Å². The van der Waals surface area contributed by atoms with Crippen LogP contribution in [0.5, 0.6) is 0 Å². The number of likely N-dealkylation sites (tertiary alicyclic amines) is 1. The second-order valence-electron chi connectivity index (χ2n) is 6.17. The Hall–Kier alpha value is -2.13. The Labute approximate surface area is 131 Å². The number of hydrogen-bond donors (Lipinski definition) is 0. The number of hydrogen-bond acceptors (Lipinski definition) is 2. The van der Waals surface area contributed by atoms with Gasteiger partial charge in [0, 0.05) is 56.2 Å². The molecule has 1 saturated heterocycles. The maximum Gasteiger partial charge on any atom is 0.0483 e. The summed E-state index contributed by atoms with van der Waals surface area (Å²) in [6.07, 6.45) is 5.97. The Morgan fingerprint density at radius 1 is 1.09 bits per heavy atom. The molecule has 1 aromatic carbocycles. The molecule has 112 valence electrons. The lowest BCUT2D eigenvalue weighted by Gasteiger charge is -2.39. The van der Waals surface area contributed by atoms with E-state index in [9.17, 15) is 0 Å². The van der Waals surface area contributed by atoms with Crippen molar-refractivity contribution in [1.29, 1.82) is 0 Å². The van der Waals surface area contributed by atoms with Crippen molar-refractivity contribution in [1.82, 2.24) is 14.5 Å². The minimum atomic E-state index is 0.672. The molecule has 22 heavy (non-hydrogen) atoms. The largest absolute Gasteiger partial charge is 0.348 e. The molecular weight excluding hydrogens is 270 g/mol. The number of nitrogens with zero attached hydrogens (tertiary/aromatic N) is 3. The highest BCUT2D eigenvalue weighted by atomic mass is 15.2. The van der Waals surface area contributed by atoms with Crippen molar-refractivity contribution in [2.75, 3.05) is 13.1 Å². The summed E-state index contributed by atoms with van der Waals surface area (Å²) in [5.41, 5.74) is 4.18. The third-order valence-corrected chi connectivity index (χ3v) is 4.72. The van der Waals surface area contributed by atoms with Gasteiger partial charge in [-0.1, -0.05) is 12.1 Å². The van der Waals surface area contributed by atoms with Crippen LogP contribution in [0, 0.1) is 0 Å². The first-order valence-electron chi connectivity index (χ1n) is 8.03. The number of pyridine rings is 1. The van der Waals surface area contributed by atoms with E-state index < -0.39 is 0 Å². The molecule has 4 rings (SSSR count). The molecule has 0 saturated carbocycles. The zero-order chi connectivity index (χ0) is 14.9. The van der Waals surface area contributed by atoms with Gasteiger partial charge >= 0.3 is 0 Å². The van der Waals surface area contributed by atoms with Crippen molar-refractivity contribution in [3.8, 4) is 0 Å². The van der Waals surface area contributed by atoms with E-state index in [2.05, 4.69) is 64.0 Å². The summed E-state index contributed by atoms with van der Waals surface area (Å²) >= 11 is 0. The first kappa shape index (κ1) is 13.5. The Morgan fingerprint density at radius 2 is 1.91 bits per heavy atom. The van der Waals surface area contributed by atoms with E-state index in [0.29, 0.717) is 5.92 Å². The summed E-state index contributed by atoms with van der Waals surface area (Å²) in [6.45, 7) is 6.57. The smallest absolute Gasteiger partial charge is 0.0483 e. The second kappa shape index (κ2) is 5.58. The minimum Gasteiger partial charge on any atom is -0.348 e. The molecule has 0 amide bonds. The van der Waals surface area contributed by atoms with Gasteiger partial charge in [-0.2, -0.15) is 0 Å². The topological polar surface area (TPSA) is 21.1 Å². The summed E-state index contributed by atoms with van der Waals surface area (Å²) < 4.78 is 2.31. The van der Waals surface area contributed by atoms with Crippen LogP contribution in [0.1, 0.15) is 24.0 Å². The van der Waals surface area contributed by atoms with Crippen molar-refractivity contribution in [2.24, 2.45) is 0 Å². The lowest BCUT2D eigenvalue weighted by Crippen LogP contribution is -2.44. The van der Waals surface area contributed by atoms with E-state index in [-0.39, 0.29) is 0 Å². The van der Waals surface area contributed by atoms with Gasteiger partial charge in [0.2, 0.25) is 0 Å². The van der Waals surface area contributed by atoms with Gasteiger partial charge in [0.1, 0.15) is 0 Å². The summed E-state index contributed by atoms with van der Waals surface area (Å²) in [4.78, 5) is 6.62. The van der Waals surface area contributed by atoms with E-state index in [4.69, 9.17) is 0 Å². The van der Waals surface area contributed by atoms with Gasteiger partial charge in [-0.15, -0.1) is 0 Å². The summed E-state index contributed by atoms with van der Waals surface area (Å²) in [5, 5.41) is 1.34. The number of aryl methyl sites for hydroxylation is 1. The fraction of sp³-hybridized carbons (Fsp3) is 0.316. The average molecular weight is 291 g/mol. The highest BCUT2D eigenvalue weighted by Crippen LogP contribution is 2.28. The number of benzene rings is 1. The minimum absolute atomic E-state index is 0.672. The van der Waals surface area contributed by atoms with Crippen molar-refractivity contribution < 1.29 is 0 Å². The molecule has 1 aliphatic heterocycles. The van der Waals surface area contributed by atoms with Crippen LogP contribution in [0.25, 0.3) is 10.9 Å². The monoisotopic (exact) mass is 291 g/mol. The first-order valence-corrected chi connectivity index (χ1v) is 8.03. The maximum absolute atomic E-state index is 4.10. The molecule has 0 aliphatic carbocycles. The van der Waals surface area contributed by atoms with E-state index in [1.165, 1.54) is 22.0 Å². The van der Waals surface area contributed by atoms with Crippen molar-refractivity contribution in [3.63, 3.8) is 0 Å². The molecule has 3 aromatic rings. The van der Waals surface area contributed by atoms with Crippen LogP contribution < -0.4 is 0 Å². The van der Waals surface area contributed by atoms with Gasteiger partial charge in [0.25, 0.3) is 0 Å². The third-order valence-electron chi connectivity index (χ3n) is 4.72. The standard InChI is InChI=1S/C19H21N3/c1-2-22-10-7-17-4-3-15(11-19(17)22)12-21-13-18(14-21)16-5-8-20-9-6-16/h3-11,18H,2,12-14H2,1H3. The predicted molar refractivity (Wildman–Crippen MR) is 89.9 cm³/mol. The third kappa shape index (κ3) is 2.42. The summed E-state index contributed by atoms with van der Waals surface area (Å²) in [6, 6.07) is 13.3. The van der Waals surface area contributed by atoms with Gasteiger partial charge in [-0.3, -0.25) is 9.88 Å². The molecule has 3 nitrogen and oxygen atoms in total. The Bertz CT molecular complexity index is 770. The summed E-state index contributed by atoms with van der Waals surface area (Å²) in [5.74, 6) is 0.672. The molecule has 0 atom stereocenters. The van der Waals surface area contributed by atoms with Crippen LogP contribution >= 0.6 is 0 Å². The molecule has 0 spiro atoms. The highest BCUT2D eigenvalue weighted by molar-refractivity contribution is 5.80. The van der Waals surface area contributed by atoms with E-state index in [1.807, 2.05) is 12.4 Å². The molecule has 0 radical (unpaired) electrons. The molecular formula is C19H21N3. The molecule has 1 aliphatic rings.